The number of nitrogens with zero attached hydrogens (tertiary/aromatic N) is 2. The fourth-order valence-electron chi connectivity index (χ4n) is 0.463. The van der Waals surface area contributed by atoms with Gasteiger partial charge in [-0.1, -0.05) is 0 Å². The number of rotatable bonds is 1. The number of aliphatic hydroxyl groups excluding tert-OH is 1. The average Bonchev–Trinajstić information content (AvgIpc) is 1.90. The second-order valence-corrected chi connectivity index (χ2v) is 1.58. The summed E-state index contributed by atoms with van der Waals surface area (Å²) in [6.45, 7) is 0. The fourth-order valence-corrected chi connectivity index (χ4v) is 0.463. The second-order valence-electron chi connectivity index (χ2n) is 1.58. The molecule has 0 bridgehead atoms. The molecule has 1 aromatic heterocycles. The largest absolute Gasteiger partial charge is 0.373 e. The van der Waals surface area contributed by atoms with Gasteiger partial charge in [-0.15, -0.1) is 0 Å². The van der Waals surface area contributed by atoms with Crippen LogP contribution in [0.1, 0.15) is 11.9 Å². The molecule has 0 aliphatic carbocycles. The summed E-state index contributed by atoms with van der Waals surface area (Å²) in [4.78, 5) is 7.44. The molecule has 0 saturated carbocycles. The highest BCUT2D eigenvalue weighted by Crippen LogP contribution is 1.97. The first-order valence-electron chi connectivity index (χ1n) is 2.50. The third-order valence-electron chi connectivity index (χ3n) is 0.886. The lowest BCUT2D eigenvalue weighted by atomic mass is 10.4. The molecule has 0 amide bonds. The number of hydrogen-bond donors (Lipinski definition) is 2. The Bertz CT molecular complexity index is 175. The zero-order chi connectivity index (χ0) is 6.69. The Labute approximate surface area is 52.4 Å². The molecule has 9 heavy (non-hydrogen) atoms. The van der Waals surface area contributed by atoms with Gasteiger partial charge in [0.1, 0.15) is 11.9 Å². The minimum atomic E-state index is -1.02. The second kappa shape index (κ2) is 2.52. The molecular formula is C5H7N3O. The predicted molar refractivity (Wildman–Crippen MR) is 31.2 cm³/mol. The molecule has 3 N–H and O–H groups in total. The van der Waals surface area contributed by atoms with Crippen molar-refractivity contribution in [3.63, 3.8) is 0 Å². The minimum Gasteiger partial charge on any atom is -0.373 e. The first-order valence-corrected chi connectivity index (χ1v) is 2.50. The molecule has 0 spiro atoms. The van der Waals surface area contributed by atoms with Gasteiger partial charge in [0, 0.05) is 12.4 Å². The Kier molecular flexibility index (Phi) is 1.72. The molecule has 1 heterocycles. The summed E-state index contributed by atoms with van der Waals surface area (Å²) in [6, 6.07) is 0. The molecule has 0 aromatic carbocycles. The van der Waals surface area contributed by atoms with Gasteiger partial charge in [-0.3, -0.25) is 9.97 Å². The zero-order valence-electron chi connectivity index (χ0n) is 4.73. The maximum absolute atomic E-state index is 8.70. The molecule has 1 unspecified atom stereocenters. The molecule has 0 aliphatic rings. The fraction of sp³-hybridized carbons (Fsp3) is 0.200. The lowest BCUT2D eigenvalue weighted by Gasteiger charge is -1.99. The van der Waals surface area contributed by atoms with Crippen molar-refractivity contribution in [1.82, 2.24) is 9.97 Å². The molecule has 1 rings (SSSR count). The van der Waals surface area contributed by atoms with Gasteiger partial charge in [-0.2, -0.15) is 0 Å². The van der Waals surface area contributed by atoms with Crippen LogP contribution >= 0.6 is 0 Å². The van der Waals surface area contributed by atoms with E-state index in [4.69, 9.17) is 10.8 Å². The number of aliphatic hydroxyl groups is 1. The molecule has 0 saturated heterocycles. The Morgan fingerprint density at radius 1 is 1.56 bits per heavy atom. The number of nitrogens with two attached hydrogens (primary N) is 1. The van der Waals surface area contributed by atoms with E-state index in [0.29, 0.717) is 5.69 Å². The van der Waals surface area contributed by atoms with Crippen LogP contribution < -0.4 is 5.73 Å². The number of hydrogen-bond acceptors (Lipinski definition) is 4. The topological polar surface area (TPSA) is 72.0 Å². The van der Waals surface area contributed by atoms with Gasteiger partial charge in [0.25, 0.3) is 0 Å². The molecule has 0 aliphatic heterocycles. The van der Waals surface area contributed by atoms with E-state index < -0.39 is 6.23 Å². The van der Waals surface area contributed by atoms with Crippen LogP contribution in [0.15, 0.2) is 18.6 Å². The Morgan fingerprint density at radius 3 is 2.67 bits per heavy atom. The summed E-state index contributed by atoms with van der Waals surface area (Å²) in [6.07, 6.45) is 3.40. The van der Waals surface area contributed by atoms with Crippen LogP contribution in [-0.2, 0) is 0 Å². The van der Waals surface area contributed by atoms with Gasteiger partial charge >= 0.3 is 0 Å². The van der Waals surface area contributed by atoms with Gasteiger partial charge in [0.2, 0.25) is 0 Å². The maximum Gasteiger partial charge on any atom is 0.147 e. The van der Waals surface area contributed by atoms with Crippen molar-refractivity contribution in [2.24, 2.45) is 5.73 Å². The molecule has 1 aromatic rings. The number of aromatic nitrogens is 2. The van der Waals surface area contributed by atoms with Crippen molar-refractivity contribution >= 4 is 0 Å². The van der Waals surface area contributed by atoms with E-state index in [0.717, 1.165) is 0 Å². The summed E-state index contributed by atoms with van der Waals surface area (Å²) >= 11 is 0. The van der Waals surface area contributed by atoms with Crippen LogP contribution in [0.25, 0.3) is 0 Å². The Morgan fingerprint density at radius 2 is 2.33 bits per heavy atom. The molecule has 48 valence electrons. The molecular weight excluding hydrogens is 118 g/mol. The summed E-state index contributed by atoms with van der Waals surface area (Å²) in [5, 5.41) is 8.70. The van der Waals surface area contributed by atoms with E-state index >= 15 is 0 Å². The molecule has 1 atom stereocenters. The van der Waals surface area contributed by atoms with Crippen LogP contribution in [0.2, 0.25) is 0 Å². The molecule has 0 fully saturated rings. The highest BCUT2D eigenvalue weighted by Gasteiger charge is 1.98. The van der Waals surface area contributed by atoms with Gasteiger partial charge < -0.3 is 10.8 Å². The van der Waals surface area contributed by atoms with Crippen molar-refractivity contribution in [3.8, 4) is 0 Å². The van der Waals surface area contributed by atoms with Gasteiger partial charge in [0.05, 0.1) is 6.20 Å². The van der Waals surface area contributed by atoms with Crippen LogP contribution in [0, 0.1) is 0 Å². The van der Waals surface area contributed by atoms with Crippen molar-refractivity contribution in [2.75, 3.05) is 0 Å². The van der Waals surface area contributed by atoms with Crippen LogP contribution in [-0.4, -0.2) is 15.1 Å². The summed E-state index contributed by atoms with van der Waals surface area (Å²) in [5.74, 6) is 0. The average molecular weight is 125 g/mol. The van der Waals surface area contributed by atoms with Crippen molar-refractivity contribution < 1.29 is 5.11 Å². The van der Waals surface area contributed by atoms with E-state index in [1.54, 1.807) is 0 Å². The third kappa shape index (κ3) is 1.45. The van der Waals surface area contributed by atoms with Crippen molar-refractivity contribution in [2.45, 2.75) is 6.23 Å². The Balaban J connectivity index is 2.85. The van der Waals surface area contributed by atoms with E-state index in [1.807, 2.05) is 0 Å². The summed E-state index contributed by atoms with van der Waals surface area (Å²) in [5.41, 5.74) is 5.45. The summed E-state index contributed by atoms with van der Waals surface area (Å²) in [7, 11) is 0. The quantitative estimate of drug-likeness (QED) is 0.493. The molecule has 4 heteroatoms. The van der Waals surface area contributed by atoms with E-state index in [1.165, 1.54) is 18.6 Å². The van der Waals surface area contributed by atoms with Gasteiger partial charge in [-0.05, 0) is 0 Å². The summed E-state index contributed by atoms with van der Waals surface area (Å²) < 4.78 is 0. The predicted octanol–water partition coefficient (Wildman–Crippen LogP) is -0.574. The maximum atomic E-state index is 8.70. The van der Waals surface area contributed by atoms with Crippen LogP contribution in [0.3, 0.4) is 0 Å². The van der Waals surface area contributed by atoms with E-state index in [9.17, 15) is 0 Å². The standard InChI is InChI=1S/C5H7N3O/c6-5(9)4-3-7-1-2-8-4/h1-3,5,9H,6H2. The normalized spacial score (nSPS) is 13.1. The third-order valence-corrected chi connectivity index (χ3v) is 0.886. The smallest absolute Gasteiger partial charge is 0.147 e. The highest BCUT2D eigenvalue weighted by atomic mass is 16.3. The first-order chi connectivity index (χ1) is 4.30. The van der Waals surface area contributed by atoms with Gasteiger partial charge in [0.15, 0.2) is 0 Å². The zero-order valence-corrected chi connectivity index (χ0v) is 4.73. The van der Waals surface area contributed by atoms with E-state index in [-0.39, 0.29) is 0 Å². The lowest BCUT2D eigenvalue weighted by Crippen LogP contribution is -2.10. The SMILES string of the molecule is NC(O)c1cnccn1. The molecule has 0 radical (unpaired) electrons. The first kappa shape index (κ1) is 6.12. The van der Waals surface area contributed by atoms with Crippen molar-refractivity contribution in [1.29, 1.82) is 0 Å². The van der Waals surface area contributed by atoms with Gasteiger partial charge in [-0.25, -0.2) is 0 Å². The molecule has 4 nitrogen and oxygen atoms in total. The van der Waals surface area contributed by atoms with Crippen molar-refractivity contribution in [3.05, 3.63) is 24.3 Å². The van der Waals surface area contributed by atoms with E-state index in [2.05, 4.69) is 9.97 Å². The minimum absolute atomic E-state index is 0.387. The lowest BCUT2D eigenvalue weighted by molar-refractivity contribution is 0.181. The highest BCUT2D eigenvalue weighted by molar-refractivity contribution is 4.96. The van der Waals surface area contributed by atoms with Crippen LogP contribution in [0.4, 0.5) is 0 Å². The monoisotopic (exact) mass is 125 g/mol. The van der Waals surface area contributed by atoms with Crippen LogP contribution in [0.5, 0.6) is 0 Å². The Hall–Kier alpha value is -1.00.